The molecule has 0 radical (unpaired) electrons. The van der Waals surface area contributed by atoms with Crippen LogP contribution >= 0.6 is 0 Å². The first kappa shape index (κ1) is 15.1. The second-order valence-corrected chi connectivity index (χ2v) is 6.80. The van der Waals surface area contributed by atoms with Crippen LogP contribution in [-0.4, -0.2) is 29.7 Å². The minimum Gasteiger partial charge on any atom is -0.342 e. The van der Waals surface area contributed by atoms with Gasteiger partial charge >= 0.3 is 0 Å². The number of benzene rings is 2. The first-order chi connectivity index (χ1) is 11.6. The van der Waals surface area contributed by atoms with E-state index in [1.807, 2.05) is 48.2 Å². The van der Waals surface area contributed by atoms with Crippen molar-refractivity contribution < 1.29 is 9.59 Å². The van der Waals surface area contributed by atoms with Crippen LogP contribution in [-0.2, 0) is 15.0 Å². The van der Waals surface area contributed by atoms with Crippen LogP contribution in [0.3, 0.4) is 0 Å². The molecule has 0 spiro atoms. The Balaban J connectivity index is 1.98. The van der Waals surface area contributed by atoms with Crippen molar-refractivity contribution in [2.75, 3.05) is 13.1 Å². The molecule has 1 saturated heterocycles. The monoisotopic (exact) mass is 319 g/mol. The van der Waals surface area contributed by atoms with Gasteiger partial charge in [-0.3, -0.25) is 9.59 Å². The number of piperidine rings is 1. The van der Waals surface area contributed by atoms with Gasteiger partial charge in [0.2, 0.25) is 5.91 Å². The average molecular weight is 319 g/mol. The number of carbonyl (C=O) groups is 2. The number of fused-ring (bicyclic) bond motifs is 1. The number of likely N-dealkylation sites (tertiary alicyclic amines) is 1. The Morgan fingerprint density at radius 2 is 1.54 bits per heavy atom. The second kappa shape index (κ2) is 5.04. The SMILES string of the molecule is CCN1CC2C(C(C)=O)(C1=O)C2(c1ccccc1)c1ccccc1. The lowest BCUT2D eigenvalue weighted by atomic mass is 9.77. The standard InChI is InChI=1S/C21H21NO2/c1-3-22-14-18-20(15(2)23,19(22)24)21(18,16-10-6-4-7-11-16)17-12-8-5-9-13-17/h4-13,18H,3,14H2,1-2H3. The number of rotatable bonds is 4. The lowest BCUT2D eigenvalue weighted by Crippen LogP contribution is -2.42. The van der Waals surface area contributed by atoms with Crippen molar-refractivity contribution >= 4 is 11.7 Å². The maximum atomic E-state index is 13.2. The molecule has 0 bridgehead atoms. The zero-order valence-corrected chi connectivity index (χ0v) is 14.0. The number of Topliss-reactive ketones (excluding diaryl/α,β-unsaturated/α-hetero) is 1. The number of carbonyl (C=O) groups excluding carboxylic acids is 2. The van der Waals surface area contributed by atoms with Crippen LogP contribution in [0.1, 0.15) is 25.0 Å². The van der Waals surface area contributed by atoms with Gasteiger partial charge in [0.25, 0.3) is 0 Å². The van der Waals surface area contributed by atoms with Gasteiger partial charge in [0.05, 0.1) is 0 Å². The van der Waals surface area contributed by atoms with E-state index in [4.69, 9.17) is 0 Å². The highest BCUT2D eigenvalue weighted by Crippen LogP contribution is 2.76. The van der Waals surface area contributed by atoms with E-state index in [9.17, 15) is 9.59 Å². The van der Waals surface area contributed by atoms with Crippen molar-refractivity contribution in [2.45, 2.75) is 19.3 Å². The summed E-state index contributed by atoms with van der Waals surface area (Å²) in [5.74, 6) is -0.00360. The summed E-state index contributed by atoms with van der Waals surface area (Å²) in [5.41, 5.74) is 0.677. The van der Waals surface area contributed by atoms with Crippen molar-refractivity contribution in [3.05, 3.63) is 71.8 Å². The molecule has 2 aromatic carbocycles. The molecule has 2 fully saturated rings. The third-order valence-corrected chi connectivity index (χ3v) is 6.01. The Hall–Kier alpha value is -2.42. The smallest absolute Gasteiger partial charge is 0.237 e. The zero-order chi connectivity index (χ0) is 16.9. The highest BCUT2D eigenvalue weighted by atomic mass is 16.2. The molecule has 2 aromatic rings. The van der Waals surface area contributed by atoms with E-state index in [0.29, 0.717) is 13.1 Å². The summed E-state index contributed by atoms with van der Waals surface area (Å²) in [7, 11) is 0. The topological polar surface area (TPSA) is 37.4 Å². The summed E-state index contributed by atoms with van der Waals surface area (Å²) in [6.07, 6.45) is 0. The van der Waals surface area contributed by atoms with Crippen molar-refractivity contribution in [1.29, 1.82) is 0 Å². The van der Waals surface area contributed by atoms with Crippen LogP contribution in [0.25, 0.3) is 0 Å². The van der Waals surface area contributed by atoms with Crippen LogP contribution in [0.5, 0.6) is 0 Å². The van der Waals surface area contributed by atoms with Gasteiger partial charge in [-0.1, -0.05) is 60.7 Å². The van der Waals surface area contributed by atoms with Gasteiger partial charge in [-0.2, -0.15) is 0 Å². The largest absolute Gasteiger partial charge is 0.342 e. The van der Waals surface area contributed by atoms with E-state index >= 15 is 0 Å². The summed E-state index contributed by atoms with van der Waals surface area (Å²) < 4.78 is 0. The number of hydrogen-bond acceptors (Lipinski definition) is 2. The van der Waals surface area contributed by atoms with Gasteiger partial charge in [-0.15, -0.1) is 0 Å². The Morgan fingerprint density at radius 3 is 1.92 bits per heavy atom. The predicted octanol–water partition coefficient (Wildman–Crippen LogP) is 3.04. The predicted molar refractivity (Wildman–Crippen MR) is 92.5 cm³/mol. The molecule has 0 N–H and O–H groups in total. The molecule has 2 atom stereocenters. The molecular formula is C21H21NO2. The highest BCUT2D eigenvalue weighted by molar-refractivity contribution is 6.14. The van der Waals surface area contributed by atoms with E-state index < -0.39 is 10.8 Å². The highest BCUT2D eigenvalue weighted by Gasteiger charge is 2.87. The van der Waals surface area contributed by atoms with Crippen LogP contribution in [0.4, 0.5) is 0 Å². The minimum absolute atomic E-state index is 0.00444. The van der Waals surface area contributed by atoms with E-state index in [0.717, 1.165) is 11.1 Å². The molecule has 1 heterocycles. The number of nitrogens with zero attached hydrogens (tertiary/aromatic N) is 1. The van der Waals surface area contributed by atoms with Crippen molar-refractivity contribution in [3.63, 3.8) is 0 Å². The molecule has 1 amide bonds. The Morgan fingerprint density at radius 1 is 1.04 bits per heavy atom. The molecule has 24 heavy (non-hydrogen) atoms. The number of amides is 1. The Bertz CT molecular complexity index is 760. The van der Waals surface area contributed by atoms with Crippen LogP contribution in [0, 0.1) is 11.3 Å². The Kier molecular flexibility index (Phi) is 3.17. The van der Waals surface area contributed by atoms with Crippen molar-refractivity contribution in [3.8, 4) is 0 Å². The molecule has 2 unspecified atom stereocenters. The van der Waals surface area contributed by atoms with Crippen molar-refractivity contribution in [1.82, 2.24) is 4.90 Å². The quantitative estimate of drug-likeness (QED) is 0.812. The van der Waals surface area contributed by atoms with E-state index in [1.165, 1.54) is 0 Å². The van der Waals surface area contributed by atoms with Gasteiger partial charge in [0, 0.05) is 24.4 Å². The fourth-order valence-electron chi connectivity index (χ4n) is 5.07. The first-order valence-corrected chi connectivity index (χ1v) is 8.53. The maximum absolute atomic E-state index is 13.2. The van der Waals surface area contributed by atoms with Crippen LogP contribution in [0.2, 0.25) is 0 Å². The van der Waals surface area contributed by atoms with Crippen molar-refractivity contribution in [2.24, 2.45) is 11.3 Å². The molecule has 2 aliphatic rings. The first-order valence-electron chi connectivity index (χ1n) is 8.53. The number of hydrogen-bond donors (Lipinski definition) is 0. The summed E-state index contributed by atoms with van der Waals surface area (Å²) >= 11 is 0. The van der Waals surface area contributed by atoms with E-state index in [2.05, 4.69) is 24.3 Å². The molecular weight excluding hydrogens is 298 g/mol. The maximum Gasteiger partial charge on any atom is 0.237 e. The number of ketones is 1. The molecule has 0 aromatic heterocycles. The fraction of sp³-hybridized carbons (Fsp3) is 0.333. The molecule has 1 aliphatic heterocycles. The molecule has 1 aliphatic carbocycles. The molecule has 3 heteroatoms. The normalized spacial score (nSPS) is 27.0. The molecule has 4 rings (SSSR count). The summed E-state index contributed by atoms with van der Waals surface area (Å²) in [6.45, 7) is 4.86. The van der Waals surface area contributed by atoms with Gasteiger partial charge in [0.1, 0.15) is 11.2 Å². The van der Waals surface area contributed by atoms with E-state index in [1.54, 1.807) is 6.92 Å². The zero-order valence-electron chi connectivity index (χ0n) is 14.0. The fourth-order valence-corrected chi connectivity index (χ4v) is 5.07. The third kappa shape index (κ3) is 1.52. The van der Waals surface area contributed by atoms with Gasteiger partial charge in [-0.05, 0) is 25.0 Å². The lowest BCUT2D eigenvalue weighted by molar-refractivity contribution is -0.140. The molecule has 1 saturated carbocycles. The molecule has 122 valence electrons. The summed E-state index contributed by atoms with van der Waals surface area (Å²) in [4.78, 5) is 27.8. The minimum atomic E-state index is -0.939. The summed E-state index contributed by atoms with van der Waals surface area (Å²) in [5, 5.41) is 0. The van der Waals surface area contributed by atoms with E-state index in [-0.39, 0.29) is 17.6 Å². The van der Waals surface area contributed by atoms with Crippen LogP contribution < -0.4 is 0 Å². The van der Waals surface area contributed by atoms with Gasteiger partial charge in [-0.25, -0.2) is 0 Å². The van der Waals surface area contributed by atoms with Gasteiger partial charge in [0.15, 0.2) is 0 Å². The average Bonchev–Trinajstić information content (AvgIpc) is 3.13. The van der Waals surface area contributed by atoms with Gasteiger partial charge < -0.3 is 4.90 Å². The third-order valence-electron chi connectivity index (χ3n) is 6.01. The Labute approximate surface area is 142 Å². The van der Waals surface area contributed by atoms with Crippen LogP contribution in [0.15, 0.2) is 60.7 Å². The lowest BCUT2D eigenvalue weighted by Gasteiger charge is -2.30. The summed E-state index contributed by atoms with van der Waals surface area (Å²) in [6, 6.07) is 20.1. The molecule has 3 nitrogen and oxygen atoms in total. The second-order valence-electron chi connectivity index (χ2n) is 6.80.